The SMILES string of the molecule is Nc1cc(Br)ccc1S(=O)(=O)Cc1ccc(F)c(F)c1. The molecule has 3 nitrogen and oxygen atoms in total. The van der Waals surface area contributed by atoms with Gasteiger partial charge in [-0.2, -0.15) is 0 Å². The Morgan fingerprint density at radius 1 is 1.05 bits per heavy atom. The molecule has 0 spiro atoms. The van der Waals surface area contributed by atoms with E-state index in [2.05, 4.69) is 15.9 Å². The number of halogens is 3. The second kappa shape index (κ2) is 5.49. The second-order valence-corrected chi connectivity index (χ2v) is 7.06. The van der Waals surface area contributed by atoms with Gasteiger partial charge in [0.25, 0.3) is 0 Å². The number of sulfone groups is 1. The second-order valence-electron chi connectivity index (χ2n) is 4.19. The predicted molar refractivity (Wildman–Crippen MR) is 75.8 cm³/mol. The van der Waals surface area contributed by atoms with Gasteiger partial charge in [-0.25, -0.2) is 17.2 Å². The molecule has 2 rings (SSSR count). The molecule has 0 aliphatic carbocycles. The van der Waals surface area contributed by atoms with Gasteiger partial charge in [-0.1, -0.05) is 22.0 Å². The summed E-state index contributed by atoms with van der Waals surface area (Å²) in [5, 5.41) is 0. The summed E-state index contributed by atoms with van der Waals surface area (Å²) in [6.07, 6.45) is 0. The van der Waals surface area contributed by atoms with Crippen molar-refractivity contribution in [2.75, 3.05) is 5.73 Å². The highest BCUT2D eigenvalue weighted by molar-refractivity contribution is 9.10. The van der Waals surface area contributed by atoms with E-state index in [0.717, 1.165) is 12.1 Å². The number of hydrogen-bond acceptors (Lipinski definition) is 3. The van der Waals surface area contributed by atoms with Crippen LogP contribution in [0.15, 0.2) is 45.8 Å². The van der Waals surface area contributed by atoms with Crippen LogP contribution in [0.25, 0.3) is 0 Å². The summed E-state index contributed by atoms with van der Waals surface area (Å²) in [4.78, 5) is -0.0366. The molecule has 0 saturated heterocycles. The summed E-state index contributed by atoms with van der Waals surface area (Å²) >= 11 is 3.18. The molecule has 0 aliphatic heterocycles. The lowest BCUT2D eigenvalue weighted by molar-refractivity contribution is 0.507. The molecule has 0 amide bonds. The number of benzene rings is 2. The Labute approximate surface area is 123 Å². The fourth-order valence-corrected chi connectivity index (χ4v) is 3.58. The van der Waals surface area contributed by atoms with Crippen molar-refractivity contribution in [3.05, 3.63) is 58.1 Å². The molecule has 0 bridgehead atoms. The van der Waals surface area contributed by atoms with Crippen LogP contribution in [-0.2, 0) is 15.6 Å². The van der Waals surface area contributed by atoms with Crippen molar-refractivity contribution in [2.24, 2.45) is 0 Å². The normalized spacial score (nSPS) is 11.6. The van der Waals surface area contributed by atoms with E-state index in [1.165, 1.54) is 18.2 Å². The molecule has 0 unspecified atom stereocenters. The van der Waals surface area contributed by atoms with Crippen LogP contribution >= 0.6 is 15.9 Å². The van der Waals surface area contributed by atoms with Crippen molar-refractivity contribution in [2.45, 2.75) is 10.6 Å². The van der Waals surface area contributed by atoms with Gasteiger partial charge in [0, 0.05) is 4.47 Å². The Hall–Kier alpha value is -1.47. The zero-order valence-corrected chi connectivity index (χ0v) is 12.5. The van der Waals surface area contributed by atoms with Crippen LogP contribution < -0.4 is 5.73 Å². The molecule has 0 fully saturated rings. The molecule has 0 heterocycles. The van der Waals surface area contributed by atoms with Crippen LogP contribution in [0.5, 0.6) is 0 Å². The molecule has 0 saturated carbocycles. The average Bonchev–Trinajstić information content (AvgIpc) is 2.33. The fourth-order valence-electron chi connectivity index (χ4n) is 1.73. The van der Waals surface area contributed by atoms with E-state index < -0.39 is 27.2 Å². The lowest BCUT2D eigenvalue weighted by Gasteiger charge is -2.08. The highest BCUT2D eigenvalue weighted by atomic mass is 79.9. The molecule has 2 aromatic carbocycles. The topological polar surface area (TPSA) is 60.2 Å². The highest BCUT2D eigenvalue weighted by Gasteiger charge is 2.19. The van der Waals surface area contributed by atoms with Gasteiger partial charge in [-0.3, -0.25) is 0 Å². The van der Waals surface area contributed by atoms with Crippen molar-refractivity contribution in [3.8, 4) is 0 Å². The third kappa shape index (κ3) is 3.16. The van der Waals surface area contributed by atoms with Crippen molar-refractivity contribution in [1.82, 2.24) is 0 Å². The van der Waals surface area contributed by atoms with Gasteiger partial charge in [-0.05, 0) is 35.9 Å². The Morgan fingerprint density at radius 3 is 2.35 bits per heavy atom. The molecule has 0 atom stereocenters. The molecule has 20 heavy (non-hydrogen) atoms. The number of anilines is 1. The summed E-state index contributed by atoms with van der Waals surface area (Å²) in [7, 11) is -3.73. The van der Waals surface area contributed by atoms with Gasteiger partial charge in [0.1, 0.15) is 0 Å². The molecule has 2 N–H and O–H groups in total. The first-order chi connectivity index (χ1) is 9.29. The van der Waals surface area contributed by atoms with E-state index in [1.54, 1.807) is 6.07 Å². The van der Waals surface area contributed by atoms with E-state index in [9.17, 15) is 17.2 Å². The number of rotatable bonds is 3. The lowest BCUT2D eigenvalue weighted by atomic mass is 10.2. The third-order valence-electron chi connectivity index (χ3n) is 2.65. The number of hydrogen-bond donors (Lipinski definition) is 1. The van der Waals surface area contributed by atoms with E-state index in [4.69, 9.17) is 5.73 Å². The van der Waals surface area contributed by atoms with Gasteiger partial charge in [0.2, 0.25) is 0 Å². The Kier molecular flexibility index (Phi) is 4.10. The highest BCUT2D eigenvalue weighted by Crippen LogP contribution is 2.26. The first kappa shape index (κ1) is 14.9. The molecule has 106 valence electrons. The number of nitrogens with two attached hydrogens (primary N) is 1. The van der Waals surface area contributed by atoms with Crippen LogP contribution in [0.2, 0.25) is 0 Å². The van der Waals surface area contributed by atoms with E-state index in [0.29, 0.717) is 4.47 Å². The van der Waals surface area contributed by atoms with Gasteiger partial charge in [0.15, 0.2) is 21.5 Å². The lowest BCUT2D eigenvalue weighted by Crippen LogP contribution is -2.08. The molecule has 7 heteroatoms. The Bertz CT molecular complexity index is 763. The minimum absolute atomic E-state index is 0.0366. The summed E-state index contributed by atoms with van der Waals surface area (Å²) in [6.45, 7) is 0. The van der Waals surface area contributed by atoms with E-state index in [-0.39, 0.29) is 16.1 Å². The van der Waals surface area contributed by atoms with Crippen LogP contribution in [0.1, 0.15) is 5.56 Å². The van der Waals surface area contributed by atoms with Crippen LogP contribution in [-0.4, -0.2) is 8.42 Å². The van der Waals surface area contributed by atoms with E-state index in [1.807, 2.05) is 0 Å². The van der Waals surface area contributed by atoms with Gasteiger partial charge >= 0.3 is 0 Å². The maximum Gasteiger partial charge on any atom is 0.184 e. The van der Waals surface area contributed by atoms with Gasteiger partial charge in [-0.15, -0.1) is 0 Å². The first-order valence-electron chi connectivity index (χ1n) is 5.51. The summed E-state index contributed by atoms with van der Waals surface area (Å²) in [5.74, 6) is -2.55. The molecule has 0 aliphatic rings. The predicted octanol–water partition coefficient (Wildman–Crippen LogP) is 3.28. The Morgan fingerprint density at radius 2 is 1.75 bits per heavy atom. The summed E-state index contributed by atoms with van der Waals surface area (Å²) < 4.78 is 51.0. The standard InChI is InChI=1S/C13H10BrF2NO2S/c14-9-2-4-13(12(17)6-9)20(18,19)7-8-1-3-10(15)11(16)5-8/h1-6H,7,17H2. The molecular weight excluding hydrogens is 352 g/mol. The van der Waals surface area contributed by atoms with Gasteiger partial charge in [0.05, 0.1) is 16.3 Å². The quantitative estimate of drug-likeness (QED) is 0.853. The van der Waals surface area contributed by atoms with E-state index >= 15 is 0 Å². The molecule has 2 aromatic rings. The number of nitrogen functional groups attached to an aromatic ring is 1. The monoisotopic (exact) mass is 361 g/mol. The largest absolute Gasteiger partial charge is 0.398 e. The van der Waals surface area contributed by atoms with Crippen LogP contribution in [0.3, 0.4) is 0 Å². The van der Waals surface area contributed by atoms with Crippen LogP contribution in [0.4, 0.5) is 14.5 Å². The molecular formula is C13H10BrF2NO2S. The third-order valence-corrected chi connectivity index (χ3v) is 4.90. The van der Waals surface area contributed by atoms with Crippen molar-refractivity contribution in [1.29, 1.82) is 0 Å². The average molecular weight is 362 g/mol. The minimum Gasteiger partial charge on any atom is -0.398 e. The summed E-state index contributed by atoms with van der Waals surface area (Å²) in [6, 6.07) is 7.37. The van der Waals surface area contributed by atoms with Gasteiger partial charge < -0.3 is 5.73 Å². The fraction of sp³-hybridized carbons (Fsp3) is 0.0769. The minimum atomic E-state index is -3.73. The van der Waals surface area contributed by atoms with Crippen LogP contribution in [0, 0.1) is 11.6 Å². The van der Waals surface area contributed by atoms with Crippen molar-refractivity contribution < 1.29 is 17.2 Å². The first-order valence-corrected chi connectivity index (χ1v) is 7.96. The summed E-state index contributed by atoms with van der Waals surface area (Å²) in [5.41, 5.74) is 5.93. The van der Waals surface area contributed by atoms with Crippen molar-refractivity contribution in [3.63, 3.8) is 0 Å². The maximum atomic E-state index is 13.1. The Balaban J connectivity index is 2.38. The smallest absolute Gasteiger partial charge is 0.184 e. The molecule has 0 radical (unpaired) electrons. The molecule has 0 aromatic heterocycles. The zero-order chi connectivity index (χ0) is 14.9. The maximum absolute atomic E-state index is 13.1. The van der Waals surface area contributed by atoms with Crippen molar-refractivity contribution >= 4 is 31.5 Å². The zero-order valence-electron chi connectivity index (χ0n) is 10.1.